The van der Waals surface area contributed by atoms with Gasteiger partial charge < -0.3 is 19.8 Å². The van der Waals surface area contributed by atoms with Crippen molar-refractivity contribution in [1.82, 2.24) is 15.3 Å². The second-order valence-electron chi connectivity index (χ2n) is 6.65. The third-order valence-electron chi connectivity index (χ3n) is 4.61. The number of hydrogen-bond donors (Lipinski definition) is 2. The third-order valence-corrected chi connectivity index (χ3v) is 4.61. The van der Waals surface area contributed by atoms with Crippen LogP contribution in [0.5, 0.6) is 11.5 Å². The molecule has 0 aliphatic heterocycles. The fourth-order valence-electron chi connectivity index (χ4n) is 3.20. The summed E-state index contributed by atoms with van der Waals surface area (Å²) in [6.07, 6.45) is 0. The molecule has 2 atom stereocenters. The van der Waals surface area contributed by atoms with Crippen LogP contribution in [0.1, 0.15) is 51.2 Å². The van der Waals surface area contributed by atoms with Crippen LogP contribution in [0.15, 0.2) is 47.3 Å². The van der Waals surface area contributed by atoms with Crippen LogP contribution in [0.25, 0.3) is 10.9 Å². The number of nitrogens with one attached hydrogen (secondary N) is 2. The van der Waals surface area contributed by atoms with Gasteiger partial charge in [0.1, 0.15) is 5.82 Å². The molecule has 0 aliphatic rings. The van der Waals surface area contributed by atoms with Crippen molar-refractivity contribution in [2.75, 3.05) is 13.2 Å². The van der Waals surface area contributed by atoms with Crippen LogP contribution in [-0.4, -0.2) is 23.2 Å². The molecule has 0 bridgehead atoms. The molecule has 3 rings (SSSR count). The van der Waals surface area contributed by atoms with Gasteiger partial charge in [-0.3, -0.25) is 4.79 Å². The van der Waals surface area contributed by atoms with Gasteiger partial charge in [-0.1, -0.05) is 18.2 Å². The molecule has 3 aromatic rings. The van der Waals surface area contributed by atoms with E-state index in [0.717, 1.165) is 17.1 Å². The molecular formula is C22H27N3O3. The first kappa shape index (κ1) is 19.9. The van der Waals surface area contributed by atoms with E-state index in [-0.39, 0.29) is 17.6 Å². The predicted octanol–water partition coefficient (Wildman–Crippen LogP) is 4.13. The minimum Gasteiger partial charge on any atom is -0.490 e. The number of rotatable bonds is 8. The normalized spacial score (nSPS) is 13.3. The number of H-pyrrole nitrogens is 1. The Morgan fingerprint density at radius 3 is 2.46 bits per heavy atom. The Morgan fingerprint density at radius 2 is 1.71 bits per heavy atom. The van der Waals surface area contributed by atoms with Gasteiger partial charge >= 0.3 is 0 Å². The quantitative estimate of drug-likeness (QED) is 0.613. The molecule has 2 N–H and O–H groups in total. The second-order valence-corrected chi connectivity index (χ2v) is 6.65. The highest BCUT2D eigenvalue weighted by atomic mass is 16.5. The predicted molar refractivity (Wildman–Crippen MR) is 111 cm³/mol. The van der Waals surface area contributed by atoms with Crippen molar-refractivity contribution < 1.29 is 9.47 Å². The zero-order valence-corrected chi connectivity index (χ0v) is 16.8. The van der Waals surface area contributed by atoms with Gasteiger partial charge in [-0.2, -0.15) is 0 Å². The van der Waals surface area contributed by atoms with E-state index < -0.39 is 0 Å². The fourth-order valence-corrected chi connectivity index (χ4v) is 3.20. The smallest absolute Gasteiger partial charge is 0.258 e. The first-order chi connectivity index (χ1) is 13.5. The average Bonchev–Trinajstić information content (AvgIpc) is 2.69. The van der Waals surface area contributed by atoms with Crippen molar-refractivity contribution in [3.63, 3.8) is 0 Å². The lowest BCUT2D eigenvalue weighted by Crippen LogP contribution is -2.26. The summed E-state index contributed by atoms with van der Waals surface area (Å²) in [4.78, 5) is 19.8. The highest BCUT2D eigenvalue weighted by Crippen LogP contribution is 2.31. The van der Waals surface area contributed by atoms with Crippen LogP contribution in [-0.2, 0) is 0 Å². The number of fused-ring (bicyclic) bond motifs is 1. The van der Waals surface area contributed by atoms with Crippen LogP contribution >= 0.6 is 0 Å². The van der Waals surface area contributed by atoms with E-state index in [9.17, 15) is 4.79 Å². The van der Waals surface area contributed by atoms with Crippen LogP contribution in [0.2, 0.25) is 0 Å². The number of ether oxygens (including phenoxy) is 2. The van der Waals surface area contributed by atoms with Gasteiger partial charge in [-0.05, 0) is 57.5 Å². The van der Waals surface area contributed by atoms with E-state index in [4.69, 9.17) is 9.47 Å². The van der Waals surface area contributed by atoms with Crippen LogP contribution in [0.3, 0.4) is 0 Å². The fraction of sp³-hybridized carbons (Fsp3) is 0.364. The van der Waals surface area contributed by atoms with Gasteiger partial charge in [0, 0.05) is 6.04 Å². The standard InChI is InChI=1S/C22H27N3O3/c1-5-27-19-12-11-16(13-20(19)28-6-2)14(3)23-15(4)21-24-18-10-8-7-9-17(18)22(26)25-21/h7-15,23H,5-6H2,1-4H3,(H,24,25,26)/t14-,15+/m0/s1. The Bertz CT molecular complexity index is 1000. The largest absolute Gasteiger partial charge is 0.490 e. The van der Waals surface area contributed by atoms with Crippen molar-refractivity contribution in [2.45, 2.75) is 39.8 Å². The lowest BCUT2D eigenvalue weighted by atomic mass is 10.1. The van der Waals surface area contributed by atoms with Crippen LogP contribution < -0.4 is 20.3 Å². The lowest BCUT2D eigenvalue weighted by molar-refractivity contribution is 0.287. The molecule has 6 nitrogen and oxygen atoms in total. The summed E-state index contributed by atoms with van der Waals surface area (Å²) in [6, 6.07) is 13.2. The molecule has 1 heterocycles. The number of hydrogen-bond acceptors (Lipinski definition) is 5. The van der Waals surface area contributed by atoms with Crippen molar-refractivity contribution in [3.8, 4) is 11.5 Å². The molecule has 2 aromatic carbocycles. The van der Waals surface area contributed by atoms with Gasteiger partial charge in [0.05, 0.1) is 30.2 Å². The van der Waals surface area contributed by atoms with Gasteiger partial charge in [0.2, 0.25) is 0 Å². The van der Waals surface area contributed by atoms with Crippen molar-refractivity contribution in [2.24, 2.45) is 0 Å². The summed E-state index contributed by atoms with van der Waals surface area (Å²) in [5.41, 5.74) is 1.64. The molecular weight excluding hydrogens is 354 g/mol. The SMILES string of the molecule is CCOc1ccc([C@H](C)N[C@H](C)c2nc3ccccc3c(=O)[nH]2)cc1OCC. The Morgan fingerprint density at radius 1 is 1.00 bits per heavy atom. The molecule has 0 saturated carbocycles. The molecule has 0 amide bonds. The highest BCUT2D eigenvalue weighted by Gasteiger charge is 2.16. The van der Waals surface area contributed by atoms with Crippen molar-refractivity contribution in [1.29, 1.82) is 0 Å². The molecule has 0 radical (unpaired) electrons. The van der Waals surface area contributed by atoms with Crippen molar-refractivity contribution in [3.05, 3.63) is 64.2 Å². The maximum Gasteiger partial charge on any atom is 0.258 e. The summed E-state index contributed by atoms with van der Waals surface area (Å²) in [5.74, 6) is 2.10. The molecule has 0 unspecified atom stereocenters. The van der Waals surface area contributed by atoms with E-state index in [2.05, 4.69) is 22.2 Å². The third kappa shape index (κ3) is 4.34. The number of aromatic amines is 1. The zero-order chi connectivity index (χ0) is 20.1. The maximum atomic E-state index is 12.3. The molecule has 0 fully saturated rings. The minimum absolute atomic E-state index is 0.0293. The van der Waals surface area contributed by atoms with Gasteiger partial charge in [-0.25, -0.2) is 4.98 Å². The lowest BCUT2D eigenvalue weighted by Gasteiger charge is -2.21. The Balaban J connectivity index is 1.81. The monoisotopic (exact) mass is 381 g/mol. The number of para-hydroxylation sites is 1. The van der Waals surface area contributed by atoms with E-state index in [1.54, 1.807) is 6.07 Å². The Kier molecular flexibility index (Phi) is 6.31. The van der Waals surface area contributed by atoms with E-state index in [1.165, 1.54) is 0 Å². The Labute approximate surface area is 164 Å². The first-order valence-electron chi connectivity index (χ1n) is 9.68. The maximum absolute atomic E-state index is 12.3. The van der Waals surface area contributed by atoms with Gasteiger partial charge in [0.15, 0.2) is 11.5 Å². The van der Waals surface area contributed by atoms with Crippen LogP contribution in [0, 0.1) is 0 Å². The molecule has 148 valence electrons. The van der Waals surface area contributed by atoms with E-state index >= 15 is 0 Å². The molecule has 1 aromatic heterocycles. The summed E-state index contributed by atoms with van der Waals surface area (Å²) >= 11 is 0. The summed E-state index contributed by atoms with van der Waals surface area (Å²) < 4.78 is 11.4. The zero-order valence-electron chi connectivity index (χ0n) is 16.8. The first-order valence-corrected chi connectivity index (χ1v) is 9.68. The average molecular weight is 381 g/mol. The second kappa shape index (κ2) is 8.89. The minimum atomic E-state index is -0.130. The van der Waals surface area contributed by atoms with E-state index in [1.807, 2.05) is 57.2 Å². The number of nitrogens with zero attached hydrogens (tertiary/aromatic N) is 1. The summed E-state index contributed by atoms with van der Waals surface area (Å²) in [5, 5.41) is 4.09. The highest BCUT2D eigenvalue weighted by molar-refractivity contribution is 5.77. The van der Waals surface area contributed by atoms with E-state index in [0.29, 0.717) is 29.9 Å². The Hall–Kier alpha value is -2.86. The topological polar surface area (TPSA) is 76.2 Å². The molecule has 0 spiro atoms. The van der Waals surface area contributed by atoms with Crippen molar-refractivity contribution >= 4 is 10.9 Å². The van der Waals surface area contributed by atoms with Gasteiger partial charge in [-0.15, -0.1) is 0 Å². The van der Waals surface area contributed by atoms with Crippen LogP contribution in [0.4, 0.5) is 0 Å². The van der Waals surface area contributed by atoms with Gasteiger partial charge in [0.25, 0.3) is 5.56 Å². The summed E-state index contributed by atoms with van der Waals surface area (Å²) in [7, 11) is 0. The molecule has 0 saturated heterocycles. The number of benzene rings is 2. The molecule has 6 heteroatoms. The number of aromatic nitrogens is 2. The molecule has 0 aliphatic carbocycles. The summed E-state index contributed by atoms with van der Waals surface area (Å²) in [6.45, 7) is 9.12. The molecule has 28 heavy (non-hydrogen) atoms.